The first kappa shape index (κ1) is 11.1. The molecular formula is C10H15ClN2O. The van der Waals surface area contributed by atoms with Crippen LogP contribution in [-0.4, -0.2) is 24.5 Å². The van der Waals surface area contributed by atoms with Crippen LogP contribution in [0.25, 0.3) is 0 Å². The minimum atomic E-state index is 0.632. The summed E-state index contributed by atoms with van der Waals surface area (Å²) in [7, 11) is 1.61. The van der Waals surface area contributed by atoms with Crippen LogP contribution in [0.1, 0.15) is 12.8 Å². The Labute approximate surface area is 89.4 Å². The zero-order valence-corrected chi connectivity index (χ0v) is 9.05. The van der Waals surface area contributed by atoms with Gasteiger partial charge in [-0.3, -0.25) is 0 Å². The minimum absolute atomic E-state index is 0.632. The number of hydrogen-bond donors (Lipinski definition) is 1. The molecule has 0 saturated carbocycles. The molecule has 0 atom stereocenters. The van der Waals surface area contributed by atoms with Crippen LogP contribution in [0.2, 0.25) is 0 Å². The fourth-order valence-electron chi connectivity index (χ4n) is 1.06. The van der Waals surface area contributed by atoms with Crippen molar-refractivity contribution in [2.45, 2.75) is 12.8 Å². The smallest absolute Gasteiger partial charge is 0.214 e. The monoisotopic (exact) mass is 214 g/mol. The number of halogens is 1. The standard InChI is InChI=1S/C10H15ClN2O/c1-14-10-6-4-5-9(13-10)12-8-3-2-7-11/h4-6H,2-3,7-8H2,1H3,(H,12,13). The first-order chi connectivity index (χ1) is 6.86. The lowest BCUT2D eigenvalue weighted by atomic mass is 10.3. The summed E-state index contributed by atoms with van der Waals surface area (Å²) in [6, 6.07) is 5.66. The lowest BCUT2D eigenvalue weighted by molar-refractivity contribution is 0.398. The number of aromatic nitrogens is 1. The van der Waals surface area contributed by atoms with E-state index in [4.69, 9.17) is 16.3 Å². The van der Waals surface area contributed by atoms with Gasteiger partial charge < -0.3 is 10.1 Å². The zero-order chi connectivity index (χ0) is 10.2. The molecule has 1 heterocycles. The van der Waals surface area contributed by atoms with Crippen LogP contribution in [0, 0.1) is 0 Å². The predicted octanol–water partition coefficient (Wildman–Crippen LogP) is 2.52. The first-order valence-electron chi connectivity index (χ1n) is 4.67. The highest BCUT2D eigenvalue weighted by Crippen LogP contribution is 2.10. The first-order valence-corrected chi connectivity index (χ1v) is 5.21. The second-order valence-electron chi connectivity index (χ2n) is 2.89. The normalized spacial score (nSPS) is 9.86. The summed E-state index contributed by atoms with van der Waals surface area (Å²) in [4.78, 5) is 4.22. The Kier molecular flexibility index (Phi) is 5.15. The van der Waals surface area contributed by atoms with E-state index in [9.17, 15) is 0 Å². The summed E-state index contributed by atoms with van der Waals surface area (Å²) in [5.74, 6) is 2.19. The number of ether oxygens (including phenoxy) is 1. The van der Waals surface area contributed by atoms with E-state index in [-0.39, 0.29) is 0 Å². The van der Waals surface area contributed by atoms with E-state index in [1.165, 1.54) is 0 Å². The van der Waals surface area contributed by atoms with Gasteiger partial charge in [0, 0.05) is 18.5 Å². The topological polar surface area (TPSA) is 34.1 Å². The molecule has 3 nitrogen and oxygen atoms in total. The summed E-state index contributed by atoms with van der Waals surface area (Å²) in [5.41, 5.74) is 0. The number of alkyl halides is 1. The predicted molar refractivity (Wildman–Crippen MR) is 59.2 cm³/mol. The highest BCUT2D eigenvalue weighted by Gasteiger charge is 1.95. The van der Waals surface area contributed by atoms with Crippen molar-refractivity contribution in [3.05, 3.63) is 18.2 Å². The number of nitrogens with zero attached hydrogens (tertiary/aromatic N) is 1. The van der Waals surface area contributed by atoms with Gasteiger partial charge in [0.05, 0.1) is 7.11 Å². The van der Waals surface area contributed by atoms with E-state index >= 15 is 0 Å². The van der Waals surface area contributed by atoms with E-state index in [1.54, 1.807) is 7.11 Å². The molecule has 14 heavy (non-hydrogen) atoms. The average molecular weight is 215 g/mol. The summed E-state index contributed by atoms with van der Waals surface area (Å²) in [6.45, 7) is 0.896. The molecule has 0 spiro atoms. The molecule has 1 rings (SSSR count). The summed E-state index contributed by atoms with van der Waals surface area (Å²) >= 11 is 5.57. The third-order valence-corrected chi connectivity index (χ3v) is 2.07. The van der Waals surface area contributed by atoms with Crippen LogP contribution in [0.15, 0.2) is 18.2 Å². The van der Waals surface area contributed by atoms with Crippen LogP contribution in [-0.2, 0) is 0 Å². The second kappa shape index (κ2) is 6.49. The summed E-state index contributed by atoms with van der Waals surface area (Å²) in [5, 5.41) is 3.20. The Morgan fingerprint density at radius 1 is 1.43 bits per heavy atom. The summed E-state index contributed by atoms with van der Waals surface area (Å²) < 4.78 is 5.01. The fourth-order valence-corrected chi connectivity index (χ4v) is 1.25. The Morgan fingerprint density at radius 2 is 2.29 bits per heavy atom. The molecule has 0 aliphatic heterocycles. The van der Waals surface area contributed by atoms with Crippen molar-refractivity contribution in [2.24, 2.45) is 0 Å². The number of nitrogens with one attached hydrogen (secondary N) is 1. The molecule has 0 aliphatic carbocycles. The maximum Gasteiger partial charge on any atom is 0.214 e. The third-order valence-electron chi connectivity index (χ3n) is 1.80. The van der Waals surface area contributed by atoms with E-state index < -0.39 is 0 Å². The second-order valence-corrected chi connectivity index (χ2v) is 3.27. The van der Waals surface area contributed by atoms with Gasteiger partial charge in [-0.2, -0.15) is 4.98 Å². The Bertz CT molecular complexity index is 268. The van der Waals surface area contributed by atoms with Gasteiger partial charge >= 0.3 is 0 Å². The maximum atomic E-state index is 5.57. The van der Waals surface area contributed by atoms with Crippen molar-refractivity contribution in [3.63, 3.8) is 0 Å². The molecule has 1 N–H and O–H groups in total. The number of rotatable bonds is 6. The fraction of sp³-hybridized carbons (Fsp3) is 0.500. The quantitative estimate of drug-likeness (QED) is 0.584. The number of unbranched alkanes of at least 4 members (excludes halogenated alkanes) is 1. The van der Waals surface area contributed by atoms with Gasteiger partial charge in [-0.25, -0.2) is 0 Å². The number of anilines is 1. The molecule has 1 aromatic rings. The van der Waals surface area contributed by atoms with Crippen LogP contribution in [0.3, 0.4) is 0 Å². The number of pyridine rings is 1. The van der Waals surface area contributed by atoms with Crippen molar-refractivity contribution >= 4 is 17.4 Å². The van der Waals surface area contributed by atoms with E-state index in [0.29, 0.717) is 11.8 Å². The van der Waals surface area contributed by atoms with Crippen molar-refractivity contribution < 1.29 is 4.74 Å². The largest absolute Gasteiger partial charge is 0.481 e. The minimum Gasteiger partial charge on any atom is -0.481 e. The van der Waals surface area contributed by atoms with Crippen molar-refractivity contribution in [1.82, 2.24) is 4.98 Å². The van der Waals surface area contributed by atoms with Crippen molar-refractivity contribution in [3.8, 4) is 5.88 Å². The Balaban J connectivity index is 2.34. The number of methoxy groups -OCH3 is 1. The molecule has 4 heteroatoms. The molecule has 0 aliphatic rings. The average Bonchev–Trinajstić information content (AvgIpc) is 2.25. The molecule has 0 aromatic carbocycles. The molecule has 0 unspecified atom stereocenters. The van der Waals surface area contributed by atoms with Gasteiger partial charge in [-0.15, -0.1) is 11.6 Å². The third kappa shape index (κ3) is 3.83. The molecule has 0 saturated heterocycles. The van der Waals surface area contributed by atoms with Gasteiger partial charge in [0.15, 0.2) is 0 Å². The van der Waals surface area contributed by atoms with E-state index in [2.05, 4.69) is 10.3 Å². The molecule has 1 aromatic heterocycles. The van der Waals surface area contributed by atoms with Gasteiger partial charge in [-0.05, 0) is 18.9 Å². The highest BCUT2D eigenvalue weighted by atomic mass is 35.5. The Hall–Kier alpha value is -0.960. The van der Waals surface area contributed by atoms with Gasteiger partial charge in [-0.1, -0.05) is 6.07 Å². The highest BCUT2D eigenvalue weighted by molar-refractivity contribution is 6.17. The number of hydrogen-bond acceptors (Lipinski definition) is 3. The molecule has 0 amide bonds. The molecular weight excluding hydrogens is 200 g/mol. The maximum absolute atomic E-state index is 5.57. The van der Waals surface area contributed by atoms with Crippen LogP contribution >= 0.6 is 11.6 Å². The molecule has 0 bridgehead atoms. The molecule has 78 valence electrons. The van der Waals surface area contributed by atoms with Gasteiger partial charge in [0.25, 0.3) is 0 Å². The molecule has 0 radical (unpaired) electrons. The van der Waals surface area contributed by atoms with Crippen LogP contribution in [0.5, 0.6) is 5.88 Å². The Morgan fingerprint density at radius 3 is 3.00 bits per heavy atom. The van der Waals surface area contributed by atoms with Crippen molar-refractivity contribution in [1.29, 1.82) is 0 Å². The summed E-state index contributed by atoms with van der Waals surface area (Å²) in [6.07, 6.45) is 2.08. The van der Waals surface area contributed by atoms with E-state index in [0.717, 1.165) is 25.2 Å². The molecule has 0 fully saturated rings. The zero-order valence-electron chi connectivity index (χ0n) is 8.29. The van der Waals surface area contributed by atoms with E-state index in [1.807, 2.05) is 18.2 Å². The van der Waals surface area contributed by atoms with Crippen LogP contribution < -0.4 is 10.1 Å². The van der Waals surface area contributed by atoms with Crippen LogP contribution in [0.4, 0.5) is 5.82 Å². The SMILES string of the molecule is COc1cccc(NCCCCCl)n1. The lowest BCUT2D eigenvalue weighted by Gasteiger charge is -2.05. The van der Waals surface area contributed by atoms with Gasteiger partial charge in [0.1, 0.15) is 5.82 Å². The van der Waals surface area contributed by atoms with Crippen molar-refractivity contribution in [2.75, 3.05) is 24.9 Å². The lowest BCUT2D eigenvalue weighted by Crippen LogP contribution is -2.03. The van der Waals surface area contributed by atoms with Gasteiger partial charge in [0.2, 0.25) is 5.88 Å².